The van der Waals surface area contributed by atoms with Gasteiger partial charge >= 0.3 is 0 Å². The lowest BCUT2D eigenvalue weighted by atomic mass is 10.0. The smallest absolute Gasteiger partial charge is 0.0859 e. The molecule has 1 unspecified atom stereocenters. The quantitative estimate of drug-likeness (QED) is 0.803. The van der Waals surface area contributed by atoms with Crippen LogP contribution in [0.4, 0.5) is 0 Å². The Morgan fingerprint density at radius 2 is 1.72 bits per heavy atom. The van der Waals surface area contributed by atoms with Gasteiger partial charge in [-0.2, -0.15) is 0 Å². The monoisotopic (exact) mass is 247 g/mol. The molecule has 3 rings (SSSR count). The second-order valence-corrected chi connectivity index (χ2v) is 6.75. The van der Waals surface area contributed by atoms with E-state index in [2.05, 4.69) is 42.7 Å². The van der Waals surface area contributed by atoms with Crippen LogP contribution >= 0.6 is 0 Å². The summed E-state index contributed by atoms with van der Waals surface area (Å²) >= 11 is 0. The van der Waals surface area contributed by atoms with Crippen molar-refractivity contribution in [1.29, 1.82) is 0 Å². The summed E-state index contributed by atoms with van der Waals surface area (Å²) in [6.07, 6.45) is 5.01. The number of aromatic nitrogens is 3. The van der Waals surface area contributed by atoms with E-state index in [0.717, 1.165) is 30.1 Å². The van der Waals surface area contributed by atoms with Crippen molar-refractivity contribution in [2.24, 2.45) is 23.7 Å². The zero-order valence-corrected chi connectivity index (χ0v) is 12.1. The first kappa shape index (κ1) is 12.2. The molecular formula is C15H25N3. The highest BCUT2D eigenvalue weighted by Gasteiger charge is 2.50. The molecule has 0 N–H and O–H groups in total. The van der Waals surface area contributed by atoms with Crippen LogP contribution in [0.1, 0.15) is 58.0 Å². The van der Waals surface area contributed by atoms with Crippen molar-refractivity contribution >= 4 is 0 Å². The zero-order chi connectivity index (χ0) is 12.9. The van der Waals surface area contributed by atoms with Crippen LogP contribution in [0.3, 0.4) is 0 Å². The van der Waals surface area contributed by atoms with E-state index in [9.17, 15) is 0 Å². The molecule has 0 bridgehead atoms. The molecule has 0 radical (unpaired) electrons. The van der Waals surface area contributed by atoms with Crippen LogP contribution < -0.4 is 0 Å². The number of aryl methyl sites for hydroxylation is 1. The molecule has 1 saturated carbocycles. The molecule has 1 fully saturated rings. The molecule has 1 aromatic heterocycles. The van der Waals surface area contributed by atoms with Crippen molar-refractivity contribution < 1.29 is 0 Å². The molecule has 2 aliphatic carbocycles. The van der Waals surface area contributed by atoms with Crippen LogP contribution in [0.5, 0.6) is 0 Å². The summed E-state index contributed by atoms with van der Waals surface area (Å²) in [5.41, 5.74) is 2.69. The third-order valence-electron chi connectivity index (χ3n) is 4.96. The first-order valence-corrected chi connectivity index (χ1v) is 7.52. The van der Waals surface area contributed by atoms with Crippen LogP contribution in [0.25, 0.3) is 0 Å². The number of nitrogens with zero attached hydrogens (tertiary/aromatic N) is 3. The Hall–Kier alpha value is -0.860. The molecule has 1 heterocycles. The molecule has 2 aliphatic rings. The van der Waals surface area contributed by atoms with E-state index in [1.54, 1.807) is 0 Å². The molecule has 0 aromatic carbocycles. The summed E-state index contributed by atoms with van der Waals surface area (Å²) in [5.74, 6) is 3.79. The van der Waals surface area contributed by atoms with E-state index in [-0.39, 0.29) is 0 Å². The highest BCUT2D eigenvalue weighted by molar-refractivity contribution is 5.15. The maximum Gasteiger partial charge on any atom is 0.0859 e. The van der Waals surface area contributed by atoms with Gasteiger partial charge in [-0.3, -0.25) is 0 Å². The fourth-order valence-electron chi connectivity index (χ4n) is 4.10. The second-order valence-electron chi connectivity index (χ2n) is 6.75. The van der Waals surface area contributed by atoms with Crippen molar-refractivity contribution in [3.05, 3.63) is 11.4 Å². The van der Waals surface area contributed by atoms with E-state index in [1.165, 1.54) is 30.7 Å². The maximum atomic E-state index is 4.42. The third-order valence-corrected chi connectivity index (χ3v) is 4.96. The Morgan fingerprint density at radius 1 is 1.06 bits per heavy atom. The maximum absolute atomic E-state index is 4.42. The molecule has 0 aliphatic heterocycles. The van der Waals surface area contributed by atoms with Gasteiger partial charge in [-0.15, -0.1) is 5.10 Å². The fraction of sp³-hybridized carbons (Fsp3) is 0.867. The molecular weight excluding hydrogens is 222 g/mol. The largest absolute Gasteiger partial charge is 0.247 e. The van der Waals surface area contributed by atoms with Gasteiger partial charge in [0.15, 0.2) is 0 Å². The number of fused-ring (bicyclic) bond motifs is 2. The standard InChI is InChI=1S/C15H25N3/c1-9(2)15-11-5-7-13-14(8-6-12(11)15)18(10(3)4)17-16-13/h9-12,15H,5-8H2,1-4H3/t11-,12+,15?/m0/s1. The first-order chi connectivity index (χ1) is 8.59. The van der Waals surface area contributed by atoms with Gasteiger partial charge in [0.2, 0.25) is 0 Å². The normalized spacial score (nSPS) is 30.9. The van der Waals surface area contributed by atoms with E-state index >= 15 is 0 Å². The van der Waals surface area contributed by atoms with Gasteiger partial charge in [-0.05, 0) is 63.2 Å². The van der Waals surface area contributed by atoms with Crippen molar-refractivity contribution in [2.75, 3.05) is 0 Å². The molecule has 18 heavy (non-hydrogen) atoms. The molecule has 3 nitrogen and oxygen atoms in total. The summed E-state index contributed by atoms with van der Waals surface area (Å²) in [7, 11) is 0. The van der Waals surface area contributed by atoms with Crippen LogP contribution in [0.2, 0.25) is 0 Å². The summed E-state index contributed by atoms with van der Waals surface area (Å²) in [4.78, 5) is 0. The fourth-order valence-corrected chi connectivity index (χ4v) is 4.10. The van der Waals surface area contributed by atoms with Gasteiger partial charge in [0.25, 0.3) is 0 Å². The Balaban J connectivity index is 1.79. The Morgan fingerprint density at radius 3 is 2.33 bits per heavy atom. The van der Waals surface area contributed by atoms with Crippen LogP contribution in [-0.4, -0.2) is 15.0 Å². The SMILES string of the molecule is CC(C)C1[C@H]2CCc3nnn(C(C)C)c3CC[C@@H]12. The Labute approximate surface area is 110 Å². The molecule has 0 spiro atoms. The number of rotatable bonds is 2. The van der Waals surface area contributed by atoms with Gasteiger partial charge in [0, 0.05) is 6.04 Å². The van der Waals surface area contributed by atoms with Crippen molar-refractivity contribution in [2.45, 2.75) is 59.4 Å². The second kappa shape index (κ2) is 4.36. The van der Waals surface area contributed by atoms with Gasteiger partial charge in [-0.25, -0.2) is 4.68 Å². The first-order valence-electron chi connectivity index (χ1n) is 7.52. The third kappa shape index (κ3) is 1.88. The predicted octanol–water partition coefficient (Wildman–Crippen LogP) is 3.26. The van der Waals surface area contributed by atoms with Gasteiger partial charge < -0.3 is 0 Å². The molecule has 3 heteroatoms. The van der Waals surface area contributed by atoms with Crippen LogP contribution in [-0.2, 0) is 12.8 Å². The topological polar surface area (TPSA) is 30.7 Å². The lowest BCUT2D eigenvalue weighted by Crippen LogP contribution is -2.10. The van der Waals surface area contributed by atoms with E-state index in [0.29, 0.717) is 6.04 Å². The number of hydrogen-bond acceptors (Lipinski definition) is 2. The summed E-state index contributed by atoms with van der Waals surface area (Å²) < 4.78 is 2.14. The zero-order valence-electron chi connectivity index (χ0n) is 12.1. The Kier molecular flexibility index (Phi) is 2.95. The van der Waals surface area contributed by atoms with Gasteiger partial charge in [0.05, 0.1) is 11.4 Å². The molecule has 1 aromatic rings. The molecule has 0 saturated heterocycles. The Bertz CT molecular complexity index is 433. The summed E-state index contributed by atoms with van der Waals surface area (Å²) in [6, 6.07) is 0.441. The van der Waals surface area contributed by atoms with Crippen LogP contribution in [0.15, 0.2) is 0 Å². The van der Waals surface area contributed by atoms with Gasteiger partial charge in [0.1, 0.15) is 0 Å². The average Bonchev–Trinajstić information content (AvgIpc) is 2.81. The lowest BCUT2D eigenvalue weighted by Gasteiger charge is -2.12. The molecule has 0 amide bonds. The van der Waals surface area contributed by atoms with Crippen LogP contribution in [0, 0.1) is 23.7 Å². The summed E-state index contributed by atoms with van der Waals surface area (Å²) in [5, 5.41) is 8.76. The average molecular weight is 247 g/mol. The minimum atomic E-state index is 0.441. The van der Waals surface area contributed by atoms with E-state index in [1.807, 2.05) is 0 Å². The lowest BCUT2D eigenvalue weighted by molar-refractivity contribution is 0.472. The van der Waals surface area contributed by atoms with Crippen molar-refractivity contribution in [3.8, 4) is 0 Å². The minimum absolute atomic E-state index is 0.441. The van der Waals surface area contributed by atoms with Crippen molar-refractivity contribution in [3.63, 3.8) is 0 Å². The van der Waals surface area contributed by atoms with E-state index in [4.69, 9.17) is 0 Å². The highest BCUT2D eigenvalue weighted by Crippen LogP contribution is 2.56. The minimum Gasteiger partial charge on any atom is -0.247 e. The number of hydrogen-bond donors (Lipinski definition) is 0. The predicted molar refractivity (Wildman–Crippen MR) is 72.4 cm³/mol. The molecule has 3 atom stereocenters. The van der Waals surface area contributed by atoms with E-state index < -0.39 is 0 Å². The van der Waals surface area contributed by atoms with Gasteiger partial charge in [-0.1, -0.05) is 19.1 Å². The van der Waals surface area contributed by atoms with Crippen molar-refractivity contribution in [1.82, 2.24) is 15.0 Å². The summed E-state index contributed by atoms with van der Waals surface area (Å²) in [6.45, 7) is 9.17. The molecule has 100 valence electrons. The highest BCUT2D eigenvalue weighted by atomic mass is 15.4.